The van der Waals surface area contributed by atoms with Gasteiger partial charge in [0.25, 0.3) is 5.91 Å². The van der Waals surface area contributed by atoms with Crippen molar-refractivity contribution >= 4 is 46.5 Å². The number of carbonyl (C=O) groups excluding carboxylic acids is 2. The minimum Gasteiger partial charge on any atom is -0.466 e. The second kappa shape index (κ2) is 9.16. The van der Waals surface area contributed by atoms with Gasteiger partial charge in [-0.2, -0.15) is 0 Å². The Kier molecular flexibility index (Phi) is 6.16. The third kappa shape index (κ3) is 4.52. The molecule has 156 valence electrons. The van der Waals surface area contributed by atoms with Crippen molar-refractivity contribution in [3.8, 4) is 11.1 Å². The number of rotatable bonds is 6. The smallest absolute Gasteiger partial charge is 0.330 e. The van der Waals surface area contributed by atoms with E-state index >= 15 is 0 Å². The second-order valence-corrected chi connectivity index (χ2v) is 8.00. The van der Waals surface area contributed by atoms with Gasteiger partial charge in [-0.3, -0.25) is 9.20 Å². The van der Waals surface area contributed by atoms with Crippen LogP contribution in [0, 0.1) is 0 Å². The highest BCUT2D eigenvalue weighted by atomic mass is 35.5. The highest BCUT2D eigenvalue weighted by Crippen LogP contribution is 2.28. The van der Waals surface area contributed by atoms with E-state index < -0.39 is 5.97 Å². The summed E-state index contributed by atoms with van der Waals surface area (Å²) in [6, 6.07) is 15.5. The Morgan fingerprint density at radius 1 is 1.19 bits per heavy atom. The number of halogens is 1. The number of benzene rings is 1. The zero-order chi connectivity index (χ0) is 21.8. The van der Waals surface area contributed by atoms with Gasteiger partial charge in [-0.1, -0.05) is 48.0 Å². The van der Waals surface area contributed by atoms with Crippen LogP contribution in [0.15, 0.2) is 66.2 Å². The molecule has 0 saturated carbocycles. The van der Waals surface area contributed by atoms with E-state index in [0.29, 0.717) is 17.8 Å². The van der Waals surface area contributed by atoms with Gasteiger partial charge < -0.3 is 10.1 Å². The van der Waals surface area contributed by atoms with Gasteiger partial charge in [0.15, 0.2) is 5.69 Å². The molecule has 0 fully saturated rings. The van der Waals surface area contributed by atoms with E-state index in [1.165, 1.54) is 13.2 Å². The standard InChI is InChI=1S/C23H18ClN3O3S/c1-30-19(28)10-9-16-12-17(15-6-3-2-4-7-15)14-27-21(24)20(26-22(16)27)23(29)25-13-18-8-5-11-31-18/h2-12,14H,13H2,1H3,(H,25,29)/b10-9+. The van der Waals surface area contributed by atoms with Crippen molar-refractivity contribution in [2.24, 2.45) is 0 Å². The van der Waals surface area contributed by atoms with Crippen LogP contribution in [0.25, 0.3) is 22.9 Å². The molecule has 3 aromatic heterocycles. The molecule has 0 atom stereocenters. The average Bonchev–Trinajstić information content (AvgIpc) is 3.44. The van der Waals surface area contributed by atoms with Crippen LogP contribution in [-0.2, 0) is 16.1 Å². The van der Waals surface area contributed by atoms with Gasteiger partial charge in [-0.25, -0.2) is 9.78 Å². The van der Waals surface area contributed by atoms with Crippen molar-refractivity contribution in [2.75, 3.05) is 7.11 Å². The number of ether oxygens (including phenoxy) is 1. The highest BCUT2D eigenvalue weighted by Gasteiger charge is 2.20. The molecule has 1 amide bonds. The van der Waals surface area contributed by atoms with Crippen LogP contribution in [0.1, 0.15) is 20.9 Å². The van der Waals surface area contributed by atoms with Crippen LogP contribution in [0.4, 0.5) is 0 Å². The molecule has 0 aliphatic heterocycles. The van der Waals surface area contributed by atoms with Crippen molar-refractivity contribution in [3.05, 3.63) is 87.5 Å². The number of carbonyl (C=O) groups is 2. The van der Waals surface area contributed by atoms with Gasteiger partial charge in [0.2, 0.25) is 0 Å². The molecule has 0 aliphatic rings. The molecule has 8 heteroatoms. The molecule has 1 aromatic carbocycles. The van der Waals surface area contributed by atoms with Gasteiger partial charge in [0, 0.05) is 22.7 Å². The first-order valence-corrected chi connectivity index (χ1v) is 10.7. The maximum absolute atomic E-state index is 12.8. The monoisotopic (exact) mass is 451 g/mol. The molecule has 4 aromatic rings. The van der Waals surface area contributed by atoms with Crippen molar-refractivity contribution in [2.45, 2.75) is 6.54 Å². The molecule has 0 unspecified atom stereocenters. The van der Waals surface area contributed by atoms with Crippen molar-refractivity contribution in [1.29, 1.82) is 0 Å². The quantitative estimate of drug-likeness (QED) is 0.336. The third-order valence-corrected chi connectivity index (χ3v) is 5.85. The van der Waals surface area contributed by atoms with E-state index in [4.69, 9.17) is 16.3 Å². The Bertz CT molecular complexity index is 1260. The summed E-state index contributed by atoms with van der Waals surface area (Å²) < 4.78 is 6.34. The first-order chi connectivity index (χ1) is 15.1. The van der Waals surface area contributed by atoms with Crippen molar-refractivity contribution < 1.29 is 14.3 Å². The zero-order valence-corrected chi connectivity index (χ0v) is 18.1. The molecule has 0 spiro atoms. The Morgan fingerprint density at radius 2 is 2.00 bits per heavy atom. The average molecular weight is 452 g/mol. The number of hydrogen-bond acceptors (Lipinski definition) is 5. The van der Waals surface area contributed by atoms with E-state index in [0.717, 1.165) is 16.0 Å². The molecular formula is C23H18ClN3O3S. The molecule has 0 aliphatic carbocycles. The van der Waals surface area contributed by atoms with Gasteiger partial charge in [0.1, 0.15) is 10.8 Å². The van der Waals surface area contributed by atoms with Gasteiger partial charge in [-0.15, -0.1) is 11.3 Å². The SMILES string of the molecule is COC(=O)/C=C/c1cc(-c2ccccc2)cn2c(Cl)c(C(=O)NCc3cccs3)nc12. The van der Waals surface area contributed by atoms with Crippen molar-refractivity contribution in [1.82, 2.24) is 14.7 Å². The maximum atomic E-state index is 12.8. The molecule has 6 nitrogen and oxygen atoms in total. The maximum Gasteiger partial charge on any atom is 0.330 e. The fraction of sp³-hybridized carbons (Fsp3) is 0.0870. The van der Waals surface area contributed by atoms with E-state index in [1.807, 2.05) is 60.1 Å². The molecule has 3 heterocycles. The molecule has 4 rings (SSSR count). The Morgan fingerprint density at radius 3 is 2.71 bits per heavy atom. The lowest BCUT2D eigenvalue weighted by Gasteiger charge is -2.06. The summed E-state index contributed by atoms with van der Waals surface area (Å²) in [5, 5.41) is 4.99. The summed E-state index contributed by atoms with van der Waals surface area (Å²) in [4.78, 5) is 29.9. The van der Waals surface area contributed by atoms with Crippen LogP contribution >= 0.6 is 22.9 Å². The normalized spacial score (nSPS) is 11.2. The second-order valence-electron chi connectivity index (χ2n) is 6.61. The molecule has 0 radical (unpaired) electrons. The Balaban J connectivity index is 1.77. The lowest BCUT2D eigenvalue weighted by Crippen LogP contribution is -2.23. The van der Waals surface area contributed by atoms with E-state index in [1.54, 1.807) is 21.8 Å². The highest BCUT2D eigenvalue weighted by molar-refractivity contribution is 7.09. The Labute approximate surface area is 187 Å². The summed E-state index contributed by atoms with van der Waals surface area (Å²) in [5.41, 5.74) is 3.04. The first-order valence-electron chi connectivity index (χ1n) is 9.40. The summed E-state index contributed by atoms with van der Waals surface area (Å²) in [7, 11) is 1.31. The van der Waals surface area contributed by atoms with Gasteiger partial charge in [0.05, 0.1) is 13.7 Å². The summed E-state index contributed by atoms with van der Waals surface area (Å²) in [6.07, 6.45) is 4.74. The van der Waals surface area contributed by atoms with E-state index in [-0.39, 0.29) is 16.8 Å². The summed E-state index contributed by atoms with van der Waals surface area (Å²) in [6.45, 7) is 0.394. The van der Waals surface area contributed by atoms with Crippen LogP contribution in [-0.4, -0.2) is 28.4 Å². The van der Waals surface area contributed by atoms with E-state index in [9.17, 15) is 9.59 Å². The van der Waals surface area contributed by atoms with E-state index in [2.05, 4.69) is 10.3 Å². The number of methoxy groups -OCH3 is 1. The molecule has 1 N–H and O–H groups in total. The lowest BCUT2D eigenvalue weighted by atomic mass is 10.1. The predicted molar refractivity (Wildman–Crippen MR) is 122 cm³/mol. The first kappa shape index (κ1) is 20.8. The Hall–Kier alpha value is -3.42. The number of nitrogens with one attached hydrogen (secondary N) is 1. The fourth-order valence-electron chi connectivity index (χ4n) is 3.09. The number of thiophene rings is 1. The largest absolute Gasteiger partial charge is 0.466 e. The number of amides is 1. The number of hydrogen-bond donors (Lipinski definition) is 1. The number of imidazole rings is 1. The zero-order valence-electron chi connectivity index (χ0n) is 16.5. The number of aromatic nitrogens is 2. The minimum absolute atomic E-state index is 0.121. The summed E-state index contributed by atoms with van der Waals surface area (Å²) in [5.74, 6) is -0.860. The van der Waals surface area contributed by atoms with Gasteiger partial charge >= 0.3 is 5.97 Å². The van der Waals surface area contributed by atoms with Crippen LogP contribution in [0.3, 0.4) is 0 Å². The number of fused-ring (bicyclic) bond motifs is 1. The van der Waals surface area contributed by atoms with Crippen LogP contribution in [0.2, 0.25) is 5.15 Å². The number of nitrogens with zero attached hydrogens (tertiary/aromatic N) is 2. The number of pyridine rings is 1. The molecule has 0 bridgehead atoms. The predicted octanol–water partition coefficient (Wildman–Crippen LogP) is 4.83. The van der Waals surface area contributed by atoms with Crippen LogP contribution < -0.4 is 5.32 Å². The van der Waals surface area contributed by atoms with Crippen molar-refractivity contribution in [3.63, 3.8) is 0 Å². The molecule has 31 heavy (non-hydrogen) atoms. The lowest BCUT2D eigenvalue weighted by molar-refractivity contribution is -0.134. The summed E-state index contributed by atoms with van der Waals surface area (Å²) >= 11 is 8.12. The molecule has 0 saturated heterocycles. The third-order valence-electron chi connectivity index (χ3n) is 4.62. The number of esters is 1. The van der Waals surface area contributed by atoms with Crippen LogP contribution in [0.5, 0.6) is 0 Å². The molecular weight excluding hydrogens is 434 g/mol. The minimum atomic E-state index is -0.491. The van der Waals surface area contributed by atoms with Gasteiger partial charge in [-0.05, 0) is 34.7 Å². The topological polar surface area (TPSA) is 72.7 Å². The fourth-order valence-corrected chi connectivity index (χ4v) is 3.99.